The van der Waals surface area contributed by atoms with E-state index in [0.29, 0.717) is 18.7 Å². The molecule has 0 aliphatic carbocycles. The van der Waals surface area contributed by atoms with E-state index in [1.165, 1.54) is 12.1 Å². The molecule has 2 N–H and O–H groups in total. The lowest BCUT2D eigenvalue weighted by Crippen LogP contribution is -2.33. The Bertz CT molecular complexity index is 635. The zero-order valence-electron chi connectivity index (χ0n) is 12.1. The Hall–Kier alpha value is -1.10. The largest absolute Gasteiger partial charge is 0.384 e. The van der Waals surface area contributed by atoms with Crippen LogP contribution < -0.4 is 4.72 Å². The van der Waals surface area contributed by atoms with Crippen molar-refractivity contribution in [2.24, 2.45) is 0 Å². The quantitative estimate of drug-likeness (QED) is 0.761. The molecule has 5 nitrogen and oxygen atoms in total. The molecule has 21 heavy (non-hydrogen) atoms. The van der Waals surface area contributed by atoms with Gasteiger partial charge >= 0.3 is 0 Å². The highest BCUT2D eigenvalue weighted by Crippen LogP contribution is 2.22. The number of aliphatic hydroxyl groups excluding tert-OH is 1. The summed E-state index contributed by atoms with van der Waals surface area (Å²) in [5.41, 5.74) is 0.554. The van der Waals surface area contributed by atoms with Crippen LogP contribution in [-0.2, 0) is 10.0 Å². The minimum absolute atomic E-state index is 0.0258. The molecule has 0 aromatic heterocycles. The molecule has 0 unspecified atom stereocenters. The van der Waals surface area contributed by atoms with E-state index in [-0.39, 0.29) is 16.5 Å². The Morgan fingerprint density at radius 2 is 2.14 bits per heavy atom. The average Bonchev–Trinajstić information content (AvgIpc) is 2.44. The minimum Gasteiger partial charge on any atom is -0.384 e. The fraction of sp³-hybridized carbons (Fsp3) is 0.429. The third kappa shape index (κ3) is 5.65. The van der Waals surface area contributed by atoms with Gasteiger partial charge in [-0.25, -0.2) is 13.1 Å². The number of aliphatic hydroxyl groups is 1. The minimum atomic E-state index is -3.64. The van der Waals surface area contributed by atoms with E-state index in [2.05, 4.69) is 16.6 Å². The standard InChI is InChI=1S/C14H19ClN2O3S/c1-3-17(2)9-8-16-21(19,20)14-7-6-12(5-4-10-18)11-13(14)15/h6-7,11,16,18H,3,8-10H2,1-2H3. The maximum Gasteiger partial charge on any atom is 0.242 e. The van der Waals surface area contributed by atoms with Crippen molar-refractivity contribution in [1.29, 1.82) is 0 Å². The Morgan fingerprint density at radius 1 is 1.43 bits per heavy atom. The predicted molar refractivity (Wildman–Crippen MR) is 83.8 cm³/mol. The first kappa shape index (κ1) is 18.0. The highest BCUT2D eigenvalue weighted by Gasteiger charge is 2.17. The fourth-order valence-electron chi connectivity index (χ4n) is 1.54. The molecular formula is C14H19ClN2O3S. The summed E-state index contributed by atoms with van der Waals surface area (Å²) < 4.78 is 26.8. The SMILES string of the molecule is CCN(C)CCNS(=O)(=O)c1ccc(C#CCO)cc1Cl. The predicted octanol–water partition coefficient (Wildman–Crippen LogP) is 0.914. The molecule has 0 saturated carbocycles. The smallest absolute Gasteiger partial charge is 0.242 e. The maximum absolute atomic E-state index is 12.2. The van der Waals surface area contributed by atoms with Crippen molar-refractivity contribution in [1.82, 2.24) is 9.62 Å². The Balaban J connectivity index is 2.84. The van der Waals surface area contributed by atoms with Crippen molar-refractivity contribution in [2.45, 2.75) is 11.8 Å². The van der Waals surface area contributed by atoms with Crippen molar-refractivity contribution < 1.29 is 13.5 Å². The molecule has 0 radical (unpaired) electrons. The van der Waals surface area contributed by atoms with Gasteiger partial charge in [0.15, 0.2) is 0 Å². The van der Waals surface area contributed by atoms with Crippen LogP contribution >= 0.6 is 11.6 Å². The van der Waals surface area contributed by atoms with Crippen LogP contribution in [0, 0.1) is 11.8 Å². The summed E-state index contributed by atoms with van der Waals surface area (Å²) in [6.07, 6.45) is 0. The normalized spacial score (nSPS) is 11.3. The number of halogens is 1. The van der Waals surface area contributed by atoms with Crippen molar-refractivity contribution in [2.75, 3.05) is 33.3 Å². The average molecular weight is 331 g/mol. The Kier molecular flexibility index (Phi) is 7.15. The molecule has 1 aromatic rings. The molecule has 0 saturated heterocycles. The first-order valence-electron chi connectivity index (χ1n) is 6.48. The van der Waals surface area contributed by atoms with Gasteiger partial charge < -0.3 is 10.0 Å². The zero-order chi connectivity index (χ0) is 15.9. The van der Waals surface area contributed by atoms with Gasteiger partial charge in [-0.05, 0) is 31.8 Å². The van der Waals surface area contributed by atoms with E-state index in [4.69, 9.17) is 16.7 Å². The van der Waals surface area contributed by atoms with E-state index in [1.807, 2.05) is 18.9 Å². The molecular weight excluding hydrogens is 312 g/mol. The number of likely N-dealkylation sites (N-methyl/N-ethyl adjacent to an activating group) is 1. The van der Waals surface area contributed by atoms with Crippen molar-refractivity contribution >= 4 is 21.6 Å². The molecule has 0 amide bonds. The second-order valence-corrected chi connectivity index (χ2v) is 6.54. The van der Waals surface area contributed by atoms with Crippen molar-refractivity contribution in [3.05, 3.63) is 28.8 Å². The summed E-state index contributed by atoms with van der Waals surface area (Å²) in [7, 11) is -1.73. The van der Waals surface area contributed by atoms with Gasteiger partial charge in [0.2, 0.25) is 10.0 Å². The van der Waals surface area contributed by atoms with Crippen LogP contribution in [0.25, 0.3) is 0 Å². The zero-order valence-corrected chi connectivity index (χ0v) is 13.6. The molecule has 0 bridgehead atoms. The number of sulfonamides is 1. The lowest BCUT2D eigenvalue weighted by Gasteiger charge is -2.14. The fourth-order valence-corrected chi connectivity index (χ4v) is 3.11. The topological polar surface area (TPSA) is 69.6 Å². The maximum atomic E-state index is 12.2. The molecule has 0 aliphatic heterocycles. The van der Waals surface area contributed by atoms with Crippen molar-refractivity contribution in [3.63, 3.8) is 0 Å². The highest BCUT2D eigenvalue weighted by molar-refractivity contribution is 7.89. The number of nitrogens with one attached hydrogen (secondary N) is 1. The van der Waals surface area contributed by atoms with Gasteiger partial charge in [-0.1, -0.05) is 30.4 Å². The first-order valence-corrected chi connectivity index (χ1v) is 8.34. The van der Waals surface area contributed by atoms with E-state index in [9.17, 15) is 8.42 Å². The number of hydrogen-bond donors (Lipinski definition) is 2. The Labute approximate surface area is 131 Å². The van der Waals surface area contributed by atoms with E-state index in [0.717, 1.165) is 6.54 Å². The molecule has 0 heterocycles. The van der Waals surface area contributed by atoms with Gasteiger partial charge in [-0.15, -0.1) is 0 Å². The lowest BCUT2D eigenvalue weighted by atomic mass is 10.2. The van der Waals surface area contributed by atoms with Crippen LogP contribution in [0.15, 0.2) is 23.1 Å². The molecule has 7 heteroatoms. The van der Waals surface area contributed by atoms with E-state index >= 15 is 0 Å². The third-order valence-corrected chi connectivity index (χ3v) is 4.80. The lowest BCUT2D eigenvalue weighted by molar-refractivity contribution is 0.350. The van der Waals surface area contributed by atoms with Crippen LogP contribution in [0.2, 0.25) is 5.02 Å². The summed E-state index contributed by atoms with van der Waals surface area (Å²) >= 11 is 6.00. The van der Waals surface area contributed by atoms with Gasteiger partial charge in [0.25, 0.3) is 0 Å². The summed E-state index contributed by atoms with van der Waals surface area (Å²) in [5.74, 6) is 5.15. The van der Waals surface area contributed by atoms with Gasteiger partial charge in [0.05, 0.1) is 5.02 Å². The summed E-state index contributed by atoms with van der Waals surface area (Å²) in [4.78, 5) is 2.02. The molecule has 0 fully saturated rings. The van der Waals surface area contributed by atoms with E-state index in [1.54, 1.807) is 6.07 Å². The molecule has 0 aliphatic rings. The Morgan fingerprint density at radius 3 is 2.71 bits per heavy atom. The van der Waals surface area contributed by atoms with Crippen LogP contribution in [0.1, 0.15) is 12.5 Å². The number of nitrogens with zero attached hydrogens (tertiary/aromatic N) is 1. The molecule has 1 aromatic carbocycles. The second-order valence-electron chi connectivity index (χ2n) is 4.40. The highest BCUT2D eigenvalue weighted by atomic mass is 35.5. The van der Waals surface area contributed by atoms with E-state index < -0.39 is 10.0 Å². The summed E-state index contributed by atoms with van der Waals surface area (Å²) in [6, 6.07) is 4.44. The summed E-state index contributed by atoms with van der Waals surface area (Å²) in [6.45, 7) is 3.52. The van der Waals surface area contributed by atoms with Gasteiger partial charge in [-0.2, -0.15) is 0 Å². The first-order chi connectivity index (χ1) is 9.90. The van der Waals surface area contributed by atoms with Crippen LogP contribution in [0.4, 0.5) is 0 Å². The monoisotopic (exact) mass is 330 g/mol. The summed E-state index contributed by atoms with van der Waals surface area (Å²) in [5, 5.41) is 8.73. The van der Waals surface area contributed by atoms with Gasteiger partial charge in [0.1, 0.15) is 11.5 Å². The van der Waals surface area contributed by atoms with Crippen LogP contribution in [0.3, 0.4) is 0 Å². The molecule has 1 rings (SSSR count). The molecule has 0 atom stereocenters. The van der Waals surface area contributed by atoms with Gasteiger partial charge in [0, 0.05) is 18.7 Å². The third-order valence-electron chi connectivity index (χ3n) is 2.86. The van der Waals surface area contributed by atoms with Gasteiger partial charge in [-0.3, -0.25) is 0 Å². The number of rotatable bonds is 6. The van der Waals surface area contributed by atoms with Crippen LogP contribution in [-0.4, -0.2) is 51.7 Å². The number of hydrogen-bond acceptors (Lipinski definition) is 4. The molecule has 116 valence electrons. The van der Waals surface area contributed by atoms with Crippen LogP contribution in [0.5, 0.6) is 0 Å². The van der Waals surface area contributed by atoms with Crippen molar-refractivity contribution in [3.8, 4) is 11.8 Å². The second kappa shape index (κ2) is 8.37. The molecule has 0 spiro atoms. The number of benzene rings is 1.